The SMILES string of the molecule is CC(=O)Nc1cccc(SC(C)C(=O)Nc2nnc(C)s2)c1. The van der Waals surface area contributed by atoms with E-state index in [2.05, 4.69) is 20.8 Å². The number of thioether (sulfide) groups is 1. The van der Waals surface area contributed by atoms with E-state index in [9.17, 15) is 9.59 Å². The van der Waals surface area contributed by atoms with Crippen LogP contribution in [-0.4, -0.2) is 27.3 Å². The van der Waals surface area contributed by atoms with Crippen molar-refractivity contribution < 1.29 is 9.59 Å². The van der Waals surface area contributed by atoms with E-state index in [1.165, 1.54) is 30.0 Å². The molecule has 116 valence electrons. The Morgan fingerprint density at radius 1 is 1.27 bits per heavy atom. The van der Waals surface area contributed by atoms with Crippen LogP contribution in [0.5, 0.6) is 0 Å². The third-order valence-electron chi connectivity index (χ3n) is 2.59. The van der Waals surface area contributed by atoms with Crippen LogP contribution >= 0.6 is 23.1 Å². The van der Waals surface area contributed by atoms with Crippen LogP contribution in [0.4, 0.5) is 10.8 Å². The molecular formula is C14H16N4O2S2. The molecule has 1 unspecified atom stereocenters. The number of hydrogen-bond donors (Lipinski definition) is 2. The van der Waals surface area contributed by atoms with Gasteiger partial charge in [0.25, 0.3) is 0 Å². The first-order valence-corrected chi connectivity index (χ1v) is 8.29. The maximum atomic E-state index is 12.1. The summed E-state index contributed by atoms with van der Waals surface area (Å²) in [6, 6.07) is 7.38. The van der Waals surface area contributed by atoms with Crippen molar-refractivity contribution in [2.45, 2.75) is 30.9 Å². The lowest BCUT2D eigenvalue weighted by atomic mass is 10.3. The second-order valence-corrected chi connectivity index (χ2v) is 7.18. The lowest BCUT2D eigenvalue weighted by molar-refractivity contribution is -0.115. The largest absolute Gasteiger partial charge is 0.326 e. The summed E-state index contributed by atoms with van der Waals surface area (Å²) in [7, 11) is 0. The van der Waals surface area contributed by atoms with E-state index in [4.69, 9.17) is 0 Å². The third-order valence-corrected chi connectivity index (χ3v) is 4.44. The van der Waals surface area contributed by atoms with Gasteiger partial charge in [-0.3, -0.25) is 14.9 Å². The van der Waals surface area contributed by atoms with Gasteiger partial charge in [0, 0.05) is 17.5 Å². The van der Waals surface area contributed by atoms with Crippen molar-refractivity contribution in [3.63, 3.8) is 0 Å². The highest BCUT2D eigenvalue weighted by Gasteiger charge is 2.16. The molecule has 1 atom stereocenters. The summed E-state index contributed by atoms with van der Waals surface area (Å²) in [6.45, 7) is 5.11. The van der Waals surface area contributed by atoms with Gasteiger partial charge in [-0.1, -0.05) is 17.4 Å². The van der Waals surface area contributed by atoms with E-state index in [-0.39, 0.29) is 17.1 Å². The Kier molecular flexibility index (Phi) is 5.51. The number of rotatable bonds is 5. The minimum absolute atomic E-state index is 0.125. The molecule has 1 aromatic heterocycles. The highest BCUT2D eigenvalue weighted by molar-refractivity contribution is 8.00. The lowest BCUT2D eigenvalue weighted by Gasteiger charge is -2.11. The number of aryl methyl sites for hydroxylation is 1. The second-order valence-electron chi connectivity index (χ2n) is 4.58. The topological polar surface area (TPSA) is 84.0 Å². The van der Waals surface area contributed by atoms with Crippen LogP contribution in [0.3, 0.4) is 0 Å². The standard InChI is InChI=1S/C14H16N4O2S2/c1-8(13(20)16-14-18-17-10(3)22-14)21-12-6-4-5-11(7-12)15-9(2)19/h4-8H,1-3H3,(H,15,19)(H,16,18,20). The molecule has 0 fully saturated rings. The normalized spacial score (nSPS) is 11.8. The van der Waals surface area contributed by atoms with E-state index in [1.807, 2.05) is 32.0 Å². The first kappa shape index (κ1) is 16.4. The molecule has 8 heteroatoms. The van der Waals surface area contributed by atoms with Gasteiger partial charge in [-0.05, 0) is 32.0 Å². The molecule has 1 aromatic carbocycles. The van der Waals surface area contributed by atoms with Crippen LogP contribution in [0.1, 0.15) is 18.9 Å². The number of carbonyl (C=O) groups is 2. The first-order chi connectivity index (χ1) is 10.4. The summed E-state index contributed by atoms with van der Waals surface area (Å²) >= 11 is 2.75. The van der Waals surface area contributed by atoms with Gasteiger partial charge in [-0.15, -0.1) is 22.0 Å². The van der Waals surface area contributed by atoms with Gasteiger partial charge < -0.3 is 5.32 Å². The van der Waals surface area contributed by atoms with Crippen molar-refractivity contribution in [2.24, 2.45) is 0 Å². The van der Waals surface area contributed by atoms with E-state index < -0.39 is 0 Å². The predicted molar refractivity (Wildman–Crippen MR) is 89.3 cm³/mol. The molecule has 0 radical (unpaired) electrons. The molecule has 2 aromatic rings. The van der Waals surface area contributed by atoms with Gasteiger partial charge in [0.1, 0.15) is 5.01 Å². The molecule has 0 saturated heterocycles. The highest BCUT2D eigenvalue weighted by atomic mass is 32.2. The molecule has 0 aliphatic heterocycles. The molecule has 2 N–H and O–H groups in total. The Morgan fingerprint density at radius 2 is 2.05 bits per heavy atom. The zero-order valence-corrected chi connectivity index (χ0v) is 14.0. The number of nitrogens with zero attached hydrogens (tertiary/aromatic N) is 2. The summed E-state index contributed by atoms with van der Waals surface area (Å²) in [6.07, 6.45) is 0. The molecule has 1 heterocycles. The fourth-order valence-corrected chi connectivity index (χ4v) is 3.18. The van der Waals surface area contributed by atoms with Gasteiger partial charge in [-0.25, -0.2) is 0 Å². The summed E-state index contributed by atoms with van der Waals surface area (Å²) in [5.41, 5.74) is 0.713. The lowest BCUT2D eigenvalue weighted by Crippen LogP contribution is -2.22. The van der Waals surface area contributed by atoms with E-state index >= 15 is 0 Å². The predicted octanol–water partition coefficient (Wildman–Crippen LogP) is 2.92. The third kappa shape index (κ3) is 4.81. The number of aromatic nitrogens is 2. The zero-order valence-electron chi connectivity index (χ0n) is 12.4. The number of anilines is 2. The molecule has 0 saturated carbocycles. The van der Waals surface area contributed by atoms with Crippen LogP contribution in [-0.2, 0) is 9.59 Å². The molecule has 0 aliphatic rings. The molecule has 0 spiro atoms. The minimum Gasteiger partial charge on any atom is -0.326 e. The monoisotopic (exact) mass is 336 g/mol. The van der Waals surface area contributed by atoms with Gasteiger partial charge >= 0.3 is 0 Å². The van der Waals surface area contributed by atoms with E-state index in [0.29, 0.717) is 10.8 Å². The summed E-state index contributed by atoms with van der Waals surface area (Å²) in [5.74, 6) is -0.259. The Hall–Kier alpha value is -1.93. The van der Waals surface area contributed by atoms with Crippen LogP contribution < -0.4 is 10.6 Å². The van der Waals surface area contributed by atoms with Crippen molar-refractivity contribution in [1.82, 2.24) is 10.2 Å². The molecule has 22 heavy (non-hydrogen) atoms. The molecule has 2 amide bonds. The van der Waals surface area contributed by atoms with Crippen LogP contribution in [0, 0.1) is 6.92 Å². The number of amides is 2. The first-order valence-electron chi connectivity index (χ1n) is 6.59. The summed E-state index contributed by atoms with van der Waals surface area (Å²) in [4.78, 5) is 24.1. The Balaban J connectivity index is 1.97. The van der Waals surface area contributed by atoms with Crippen molar-refractivity contribution >= 4 is 45.7 Å². The average molecular weight is 336 g/mol. The van der Waals surface area contributed by atoms with E-state index in [0.717, 1.165) is 9.90 Å². The Bertz CT molecular complexity index is 687. The molecule has 0 aliphatic carbocycles. The maximum absolute atomic E-state index is 12.1. The summed E-state index contributed by atoms with van der Waals surface area (Å²) < 4.78 is 0. The Labute approximate surface area is 136 Å². The number of carbonyl (C=O) groups excluding carboxylic acids is 2. The molecule has 2 rings (SSSR count). The van der Waals surface area contributed by atoms with Gasteiger partial charge in [0.15, 0.2) is 0 Å². The number of nitrogens with one attached hydrogen (secondary N) is 2. The van der Waals surface area contributed by atoms with Crippen molar-refractivity contribution in [1.29, 1.82) is 0 Å². The zero-order chi connectivity index (χ0) is 16.1. The molecular weight excluding hydrogens is 320 g/mol. The fraction of sp³-hybridized carbons (Fsp3) is 0.286. The highest BCUT2D eigenvalue weighted by Crippen LogP contribution is 2.27. The fourth-order valence-electron chi connectivity index (χ4n) is 1.66. The minimum atomic E-state index is -0.295. The number of hydrogen-bond acceptors (Lipinski definition) is 6. The maximum Gasteiger partial charge on any atom is 0.239 e. The van der Waals surface area contributed by atoms with Gasteiger partial charge in [-0.2, -0.15) is 0 Å². The van der Waals surface area contributed by atoms with Crippen LogP contribution in [0.2, 0.25) is 0 Å². The molecule has 6 nitrogen and oxygen atoms in total. The van der Waals surface area contributed by atoms with Crippen molar-refractivity contribution in [3.8, 4) is 0 Å². The molecule has 0 bridgehead atoms. The van der Waals surface area contributed by atoms with Crippen molar-refractivity contribution in [2.75, 3.05) is 10.6 Å². The smallest absolute Gasteiger partial charge is 0.239 e. The van der Waals surface area contributed by atoms with Gasteiger partial charge in [0.2, 0.25) is 16.9 Å². The average Bonchev–Trinajstić information content (AvgIpc) is 2.83. The van der Waals surface area contributed by atoms with Crippen molar-refractivity contribution in [3.05, 3.63) is 29.3 Å². The van der Waals surface area contributed by atoms with Crippen LogP contribution in [0.25, 0.3) is 0 Å². The summed E-state index contributed by atoms with van der Waals surface area (Å²) in [5, 5.41) is 14.2. The Morgan fingerprint density at radius 3 is 2.68 bits per heavy atom. The number of benzene rings is 1. The van der Waals surface area contributed by atoms with Crippen LogP contribution in [0.15, 0.2) is 29.2 Å². The quantitative estimate of drug-likeness (QED) is 0.820. The second kappa shape index (κ2) is 7.37. The van der Waals surface area contributed by atoms with Gasteiger partial charge in [0.05, 0.1) is 5.25 Å². The van der Waals surface area contributed by atoms with E-state index in [1.54, 1.807) is 6.07 Å².